The Hall–Kier alpha value is -3.60. The van der Waals surface area contributed by atoms with E-state index in [0.717, 1.165) is 28.2 Å². The molecule has 0 atom stereocenters. The van der Waals surface area contributed by atoms with Crippen LogP contribution in [-0.2, 0) is 24.1 Å². The second-order valence-electron chi connectivity index (χ2n) is 7.21. The summed E-state index contributed by atoms with van der Waals surface area (Å²) >= 11 is 0. The minimum Gasteiger partial charge on any atom is -0.299 e. The van der Waals surface area contributed by atoms with Gasteiger partial charge in [-0.15, -0.1) is 0 Å². The van der Waals surface area contributed by atoms with E-state index < -0.39 is 0 Å². The molecule has 4 rings (SSSR count). The largest absolute Gasteiger partial charge is 0.299 e. The Bertz CT molecular complexity index is 1100. The number of nitrogens with zero attached hydrogens (tertiary/aromatic N) is 4. The van der Waals surface area contributed by atoms with Gasteiger partial charge in [0.2, 0.25) is 0 Å². The van der Waals surface area contributed by atoms with Crippen molar-refractivity contribution in [1.82, 2.24) is 19.5 Å². The van der Waals surface area contributed by atoms with Gasteiger partial charge in [0.1, 0.15) is 24.3 Å². The van der Waals surface area contributed by atoms with Crippen molar-refractivity contribution in [3.63, 3.8) is 0 Å². The van der Waals surface area contributed by atoms with Crippen molar-refractivity contribution in [3.8, 4) is 5.82 Å². The first-order valence-corrected chi connectivity index (χ1v) is 9.60. The molecule has 0 unspecified atom stereocenters. The average Bonchev–Trinajstić information content (AvgIpc) is 3.25. The van der Waals surface area contributed by atoms with Crippen molar-refractivity contribution in [2.45, 2.75) is 26.2 Å². The van der Waals surface area contributed by atoms with E-state index in [1.54, 1.807) is 18.9 Å². The summed E-state index contributed by atoms with van der Waals surface area (Å²) in [6.45, 7) is 2.04. The predicted octanol–water partition coefficient (Wildman–Crippen LogP) is 3.92. The van der Waals surface area contributed by atoms with Gasteiger partial charge in [-0.25, -0.2) is 15.0 Å². The number of carbonyl (C=O) groups excluding carboxylic acids is 1. The zero-order chi connectivity index (χ0) is 20.1. The summed E-state index contributed by atoms with van der Waals surface area (Å²) in [4.78, 5) is 25.1. The van der Waals surface area contributed by atoms with Crippen molar-refractivity contribution in [2.24, 2.45) is 0 Å². The normalized spacial score (nSPS) is 10.8. The SMILES string of the molecule is Cc1cccc(CC(=O)Cc2ccc(Cc3cc(-n4ccnc4)ncn3)cc2)c1. The second kappa shape index (κ2) is 8.61. The average molecular weight is 382 g/mol. The second-order valence-corrected chi connectivity index (χ2v) is 7.21. The van der Waals surface area contributed by atoms with Gasteiger partial charge in [-0.1, -0.05) is 54.1 Å². The minimum absolute atomic E-state index is 0.226. The molecule has 0 spiro atoms. The lowest BCUT2D eigenvalue weighted by Gasteiger charge is -2.06. The summed E-state index contributed by atoms with van der Waals surface area (Å²) in [6.07, 6.45) is 8.50. The van der Waals surface area contributed by atoms with Crippen LogP contribution in [0.15, 0.2) is 79.6 Å². The molecule has 5 heteroatoms. The van der Waals surface area contributed by atoms with Crippen LogP contribution in [0.2, 0.25) is 0 Å². The lowest BCUT2D eigenvalue weighted by atomic mass is 10.00. The fourth-order valence-electron chi connectivity index (χ4n) is 3.34. The fraction of sp³-hybridized carbons (Fsp3) is 0.167. The maximum absolute atomic E-state index is 12.4. The molecule has 144 valence electrons. The highest BCUT2D eigenvalue weighted by molar-refractivity contribution is 5.83. The molecule has 4 aromatic rings. The van der Waals surface area contributed by atoms with Gasteiger partial charge < -0.3 is 0 Å². The van der Waals surface area contributed by atoms with E-state index in [1.807, 2.05) is 54.1 Å². The van der Waals surface area contributed by atoms with E-state index in [1.165, 1.54) is 5.56 Å². The predicted molar refractivity (Wildman–Crippen MR) is 112 cm³/mol. The zero-order valence-corrected chi connectivity index (χ0v) is 16.3. The van der Waals surface area contributed by atoms with Crippen LogP contribution in [0.25, 0.3) is 5.82 Å². The number of rotatable bonds is 7. The first-order chi connectivity index (χ1) is 14.2. The van der Waals surface area contributed by atoms with E-state index in [2.05, 4.69) is 33.2 Å². The smallest absolute Gasteiger partial charge is 0.141 e. The van der Waals surface area contributed by atoms with Gasteiger partial charge >= 0.3 is 0 Å². The van der Waals surface area contributed by atoms with Crippen LogP contribution < -0.4 is 0 Å². The van der Waals surface area contributed by atoms with Crippen LogP contribution in [0.1, 0.15) is 27.9 Å². The molecule has 0 saturated carbocycles. The third-order valence-electron chi connectivity index (χ3n) is 4.77. The monoisotopic (exact) mass is 382 g/mol. The summed E-state index contributed by atoms with van der Waals surface area (Å²) in [5.41, 5.74) is 5.37. The number of carbonyl (C=O) groups is 1. The number of hydrogen-bond donors (Lipinski definition) is 0. The Balaban J connectivity index is 1.38. The van der Waals surface area contributed by atoms with Gasteiger partial charge in [0.15, 0.2) is 0 Å². The molecule has 0 saturated heterocycles. The van der Waals surface area contributed by atoms with Gasteiger partial charge in [-0.3, -0.25) is 9.36 Å². The van der Waals surface area contributed by atoms with Crippen LogP contribution in [0.5, 0.6) is 0 Å². The Morgan fingerprint density at radius 3 is 2.48 bits per heavy atom. The summed E-state index contributed by atoms with van der Waals surface area (Å²) in [7, 11) is 0. The highest BCUT2D eigenvalue weighted by Gasteiger charge is 2.07. The molecule has 2 aromatic heterocycles. The topological polar surface area (TPSA) is 60.7 Å². The van der Waals surface area contributed by atoms with Crippen molar-refractivity contribution >= 4 is 5.78 Å². The van der Waals surface area contributed by atoms with Crippen LogP contribution in [0.4, 0.5) is 0 Å². The summed E-state index contributed by atoms with van der Waals surface area (Å²) < 4.78 is 1.86. The molecular formula is C24H22N4O. The van der Waals surface area contributed by atoms with Gasteiger partial charge in [0, 0.05) is 37.7 Å². The Morgan fingerprint density at radius 2 is 1.72 bits per heavy atom. The molecule has 0 bridgehead atoms. The van der Waals surface area contributed by atoms with Gasteiger partial charge in [0.25, 0.3) is 0 Å². The fourth-order valence-corrected chi connectivity index (χ4v) is 3.34. The lowest BCUT2D eigenvalue weighted by molar-refractivity contribution is -0.117. The maximum Gasteiger partial charge on any atom is 0.141 e. The first-order valence-electron chi connectivity index (χ1n) is 9.60. The molecule has 29 heavy (non-hydrogen) atoms. The number of benzene rings is 2. The zero-order valence-electron chi connectivity index (χ0n) is 16.3. The quantitative estimate of drug-likeness (QED) is 0.486. The number of aromatic nitrogens is 4. The lowest BCUT2D eigenvalue weighted by Crippen LogP contribution is -2.06. The van der Waals surface area contributed by atoms with Gasteiger partial charge in [-0.05, 0) is 23.6 Å². The summed E-state index contributed by atoms with van der Waals surface area (Å²) in [5, 5.41) is 0. The van der Waals surface area contributed by atoms with Crippen molar-refractivity contribution < 1.29 is 4.79 Å². The Morgan fingerprint density at radius 1 is 0.931 bits per heavy atom. The number of imidazole rings is 1. The van der Waals surface area contributed by atoms with Gasteiger partial charge in [0.05, 0.1) is 5.69 Å². The van der Waals surface area contributed by atoms with Crippen molar-refractivity contribution in [3.05, 3.63) is 108 Å². The third kappa shape index (κ3) is 5.02. The Kier molecular flexibility index (Phi) is 5.56. The maximum atomic E-state index is 12.4. The highest BCUT2D eigenvalue weighted by Crippen LogP contribution is 2.13. The van der Waals surface area contributed by atoms with Crippen LogP contribution in [0, 0.1) is 6.92 Å². The number of Topliss-reactive ketones (excluding diaryl/α,β-unsaturated/α-hetero) is 1. The number of hydrogen-bond acceptors (Lipinski definition) is 4. The van der Waals surface area contributed by atoms with Crippen molar-refractivity contribution in [1.29, 1.82) is 0 Å². The third-order valence-corrected chi connectivity index (χ3v) is 4.77. The molecule has 0 aliphatic rings. The molecule has 5 nitrogen and oxygen atoms in total. The molecule has 0 aliphatic carbocycles. The number of aryl methyl sites for hydroxylation is 1. The molecule has 0 N–H and O–H groups in total. The molecule has 0 aliphatic heterocycles. The van der Waals surface area contributed by atoms with E-state index >= 15 is 0 Å². The molecule has 0 amide bonds. The van der Waals surface area contributed by atoms with Crippen LogP contribution >= 0.6 is 0 Å². The van der Waals surface area contributed by atoms with Crippen LogP contribution in [-0.4, -0.2) is 25.3 Å². The van der Waals surface area contributed by atoms with Gasteiger partial charge in [-0.2, -0.15) is 0 Å². The molecule has 2 aromatic carbocycles. The van der Waals surface area contributed by atoms with E-state index in [9.17, 15) is 4.79 Å². The molecular weight excluding hydrogens is 360 g/mol. The van der Waals surface area contributed by atoms with E-state index in [0.29, 0.717) is 19.3 Å². The van der Waals surface area contributed by atoms with Crippen LogP contribution in [0.3, 0.4) is 0 Å². The van der Waals surface area contributed by atoms with E-state index in [4.69, 9.17) is 0 Å². The van der Waals surface area contributed by atoms with E-state index in [-0.39, 0.29) is 5.78 Å². The highest BCUT2D eigenvalue weighted by atomic mass is 16.1. The Labute approximate surface area is 170 Å². The summed E-state index contributed by atoms with van der Waals surface area (Å²) in [6, 6.07) is 18.3. The van der Waals surface area contributed by atoms with Crippen molar-refractivity contribution in [2.75, 3.05) is 0 Å². The molecule has 2 heterocycles. The minimum atomic E-state index is 0.226. The molecule has 0 fully saturated rings. The standard InChI is InChI=1S/C24H22N4O/c1-18-3-2-4-21(11-18)14-23(29)13-20-7-5-19(6-8-20)12-22-15-24(27-16-26-22)28-10-9-25-17-28/h2-11,15-17H,12-14H2,1H3. The number of ketones is 1. The molecule has 0 radical (unpaired) electrons. The first kappa shape index (κ1) is 18.7. The summed E-state index contributed by atoms with van der Waals surface area (Å²) in [5.74, 6) is 1.02.